The topological polar surface area (TPSA) is 127 Å². The number of fused-ring (bicyclic) bond motifs is 1. The Morgan fingerprint density at radius 2 is 2.00 bits per heavy atom. The van der Waals surface area contributed by atoms with E-state index in [4.69, 9.17) is 11.5 Å². The number of hydrogen-bond acceptors (Lipinski definition) is 4. The minimum atomic E-state index is -0.548. The number of carbonyl (C=O) groups excluding carboxylic acids is 2. The third-order valence-electron chi connectivity index (χ3n) is 3.87. The molecule has 0 saturated heterocycles. The Morgan fingerprint density at radius 3 is 2.72 bits per heavy atom. The van der Waals surface area contributed by atoms with E-state index in [-0.39, 0.29) is 5.91 Å². The number of aromatic nitrogens is 2. The molecule has 2 amide bonds. The van der Waals surface area contributed by atoms with Crippen molar-refractivity contribution in [3.05, 3.63) is 65.8 Å². The summed E-state index contributed by atoms with van der Waals surface area (Å²) in [6.45, 7) is 0.346. The van der Waals surface area contributed by atoms with Crippen LogP contribution in [0.4, 0.5) is 5.82 Å². The van der Waals surface area contributed by atoms with Crippen molar-refractivity contribution in [3.8, 4) is 0 Å². The van der Waals surface area contributed by atoms with E-state index in [1.165, 1.54) is 6.42 Å². The zero-order valence-corrected chi connectivity index (χ0v) is 13.5. The Morgan fingerprint density at radius 1 is 1.20 bits per heavy atom. The van der Waals surface area contributed by atoms with Crippen LogP contribution in [0.1, 0.15) is 21.6 Å². The molecule has 2 heterocycles. The van der Waals surface area contributed by atoms with Crippen LogP contribution in [0.15, 0.2) is 42.6 Å². The Bertz CT molecular complexity index is 915. The highest BCUT2D eigenvalue weighted by Gasteiger charge is 2.16. The molecule has 0 bridgehead atoms. The van der Waals surface area contributed by atoms with Gasteiger partial charge >= 0.3 is 0 Å². The summed E-state index contributed by atoms with van der Waals surface area (Å²) in [5.74, 6) is -0.356. The van der Waals surface area contributed by atoms with E-state index in [0.717, 1.165) is 16.5 Å². The summed E-state index contributed by atoms with van der Waals surface area (Å²) in [7, 11) is 0. The van der Waals surface area contributed by atoms with Crippen molar-refractivity contribution in [1.82, 2.24) is 15.3 Å². The normalized spacial score (nSPS) is 10.7. The van der Waals surface area contributed by atoms with Crippen LogP contribution < -0.4 is 16.8 Å². The highest BCUT2D eigenvalue weighted by atomic mass is 16.2. The van der Waals surface area contributed by atoms with Crippen molar-refractivity contribution in [1.29, 1.82) is 0 Å². The number of nitrogens with two attached hydrogens (primary N) is 2. The second kappa shape index (κ2) is 7.04. The number of aromatic amines is 1. The van der Waals surface area contributed by atoms with Crippen molar-refractivity contribution in [2.24, 2.45) is 5.73 Å². The van der Waals surface area contributed by atoms with Crippen molar-refractivity contribution in [3.63, 3.8) is 0 Å². The number of H-pyrrole nitrogens is 1. The summed E-state index contributed by atoms with van der Waals surface area (Å²) >= 11 is 0. The van der Waals surface area contributed by atoms with Crippen molar-refractivity contribution in [2.75, 3.05) is 5.73 Å². The summed E-state index contributed by atoms with van der Waals surface area (Å²) in [5, 5.41) is 3.65. The predicted octanol–water partition coefficient (Wildman–Crippen LogP) is 1.31. The maximum atomic E-state index is 12.1. The molecular formula is C18H18N5O2. The van der Waals surface area contributed by atoms with Gasteiger partial charge in [0, 0.05) is 23.6 Å². The van der Waals surface area contributed by atoms with Gasteiger partial charge in [0.05, 0.1) is 6.42 Å². The Labute approximate surface area is 144 Å². The smallest absolute Gasteiger partial charge is 0.265 e. The monoisotopic (exact) mass is 336 g/mol. The van der Waals surface area contributed by atoms with Crippen LogP contribution in [-0.4, -0.2) is 21.8 Å². The van der Waals surface area contributed by atoms with Gasteiger partial charge in [0.25, 0.3) is 5.91 Å². The number of hydrogen-bond donors (Lipinski definition) is 4. The number of amides is 2. The minimum absolute atomic E-state index is 0.238. The van der Waals surface area contributed by atoms with E-state index < -0.39 is 5.91 Å². The number of primary amides is 1. The van der Waals surface area contributed by atoms with Gasteiger partial charge in [0.15, 0.2) is 0 Å². The van der Waals surface area contributed by atoms with Gasteiger partial charge in [-0.3, -0.25) is 9.59 Å². The first-order chi connectivity index (χ1) is 12.0. The van der Waals surface area contributed by atoms with E-state index >= 15 is 0 Å². The van der Waals surface area contributed by atoms with Crippen LogP contribution in [0.5, 0.6) is 0 Å². The first-order valence-corrected chi connectivity index (χ1v) is 7.75. The van der Waals surface area contributed by atoms with Crippen LogP contribution in [0.25, 0.3) is 10.9 Å². The molecule has 1 aromatic carbocycles. The SMILES string of the molecule is NC(=O)c1[nH]c2ccccc2c1C[CH]C(=O)NCc1ccc(N)nc1. The molecule has 127 valence electrons. The van der Waals surface area contributed by atoms with Crippen LogP contribution in [0, 0.1) is 6.42 Å². The number of nitrogen functional groups attached to an aromatic ring is 1. The van der Waals surface area contributed by atoms with Gasteiger partial charge in [-0.25, -0.2) is 4.98 Å². The number of para-hydroxylation sites is 1. The average molecular weight is 336 g/mol. The molecule has 0 unspecified atom stereocenters. The van der Waals surface area contributed by atoms with Crippen LogP contribution in [0.2, 0.25) is 0 Å². The van der Waals surface area contributed by atoms with E-state index in [0.29, 0.717) is 30.0 Å². The largest absolute Gasteiger partial charge is 0.384 e. The maximum absolute atomic E-state index is 12.1. The molecule has 1 radical (unpaired) electrons. The lowest BCUT2D eigenvalue weighted by Gasteiger charge is -2.06. The third kappa shape index (κ3) is 3.77. The lowest BCUT2D eigenvalue weighted by molar-refractivity contribution is -0.118. The Balaban J connectivity index is 1.65. The van der Waals surface area contributed by atoms with Crippen LogP contribution >= 0.6 is 0 Å². The molecule has 0 saturated carbocycles. The highest BCUT2D eigenvalue weighted by molar-refractivity contribution is 6.00. The van der Waals surface area contributed by atoms with Gasteiger partial charge in [0.2, 0.25) is 5.91 Å². The summed E-state index contributed by atoms with van der Waals surface area (Å²) in [4.78, 5) is 30.7. The summed E-state index contributed by atoms with van der Waals surface area (Å²) in [5.41, 5.74) is 13.7. The predicted molar refractivity (Wildman–Crippen MR) is 95.3 cm³/mol. The van der Waals surface area contributed by atoms with Gasteiger partial charge in [0.1, 0.15) is 11.5 Å². The molecule has 7 heteroatoms. The molecule has 0 spiro atoms. The average Bonchev–Trinajstić information content (AvgIpc) is 2.98. The van der Waals surface area contributed by atoms with E-state index in [2.05, 4.69) is 15.3 Å². The van der Waals surface area contributed by atoms with Gasteiger partial charge in [-0.15, -0.1) is 0 Å². The lowest BCUT2D eigenvalue weighted by atomic mass is 10.0. The van der Waals surface area contributed by atoms with Gasteiger partial charge in [-0.2, -0.15) is 0 Å². The standard InChI is InChI=1S/C18H18N5O2/c19-15-7-5-11(9-21-15)10-22-16(24)8-6-13-12-3-1-2-4-14(12)23-17(13)18(20)25/h1-5,7-9,23H,6,10H2,(H2,19,21)(H2,20,25)(H,22,24). The molecular weight excluding hydrogens is 318 g/mol. The Hall–Kier alpha value is -3.35. The fourth-order valence-corrected chi connectivity index (χ4v) is 2.62. The van der Waals surface area contributed by atoms with Gasteiger partial charge in [-0.05, 0) is 29.7 Å². The second-order valence-corrected chi connectivity index (χ2v) is 5.61. The van der Waals surface area contributed by atoms with Gasteiger partial charge < -0.3 is 21.8 Å². The number of nitrogens with one attached hydrogen (secondary N) is 2. The molecule has 25 heavy (non-hydrogen) atoms. The van der Waals surface area contributed by atoms with Crippen molar-refractivity contribution >= 4 is 28.5 Å². The highest BCUT2D eigenvalue weighted by Crippen LogP contribution is 2.23. The number of rotatable bonds is 6. The number of nitrogens with zero attached hydrogens (tertiary/aromatic N) is 1. The van der Waals surface area contributed by atoms with Gasteiger partial charge in [-0.1, -0.05) is 24.3 Å². The molecule has 7 nitrogen and oxygen atoms in total. The summed E-state index contributed by atoms with van der Waals surface area (Å²) in [6.07, 6.45) is 3.40. The number of benzene rings is 1. The third-order valence-corrected chi connectivity index (χ3v) is 3.87. The molecule has 0 aliphatic rings. The zero-order valence-electron chi connectivity index (χ0n) is 13.5. The molecule has 2 aromatic heterocycles. The fourth-order valence-electron chi connectivity index (χ4n) is 2.62. The Kier molecular flexibility index (Phi) is 4.65. The molecule has 0 aliphatic heterocycles. The lowest BCUT2D eigenvalue weighted by Crippen LogP contribution is -2.24. The molecule has 0 fully saturated rings. The van der Waals surface area contributed by atoms with E-state index in [9.17, 15) is 9.59 Å². The first kappa shape index (κ1) is 16.5. The first-order valence-electron chi connectivity index (χ1n) is 7.75. The van der Waals surface area contributed by atoms with Crippen LogP contribution in [-0.2, 0) is 17.8 Å². The molecule has 0 atom stereocenters. The zero-order chi connectivity index (χ0) is 17.8. The number of carbonyl (C=O) groups is 2. The quantitative estimate of drug-likeness (QED) is 0.541. The summed E-state index contributed by atoms with van der Waals surface area (Å²) in [6, 6.07) is 11.0. The molecule has 0 aliphatic carbocycles. The van der Waals surface area contributed by atoms with E-state index in [1.807, 2.05) is 24.3 Å². The van der Waals surface area contributed by atoms with Crippen molar-refractivity contribution < 1.29 is 9.59 Å². The van der Waals surface area contributed by atoms with Crippen LogP contribution in [0.3, 0.4) is 0 Å². The molecule has 3 rings (SSSR count). The second-order valence-electron chi connectivity index (χ2n) is 5.61. The molecule has 6 N–H and O–H groups in total. The molecule has 3 aromatic rings. The number of anilines is 1. The number of pyridine rings is 1. The minimum Gasteiger partial charge on any atom is -0.384 e. The fraction of sp³-hybridized carbons (Fsp3) is 0.111. The van der Waals surface area contributed by atoms with Crippen molar-refractivity contribution in [2.45, 2.75) is 13.0 Å². The maximum Gasteiger partial charge on any atom is 0.265 e. The van der Waals surface area contributed by atoms with E-state index in [1.54, 1.807) is 18.3 Å². The summed E-state index contributed by atoms with van der Waals surface area (Å²) < 4.78 is 0.